The Labute approximate surface area is 126 Å². The molecular formula is C17H24N4. The van der Waals surface area contributed by atoms with Gasteiger partial charge in [-0.25, -0.2) is 0 Å². The van der Waals surface area contributed by atoms with Crippen LogP contribution < -0.4 is 10.2 Å². The lowest BCUT2D eigenvalue weighted by Gasteiger charge is -2.28. The lowest BCUT2D eigenvalue weighted by Crippen LogP contribution is -2.29. The molecule has 0 atom stereocenters. The number of rotatable bonds is 4. The molecule has 4 nitrogen and oxygen atoms in total. The third-order valence-corrected chi connectivity index (χ3v) is 4.19. The van der Waals surface area contributed by atoms with Gasteiger partial charge in [0.1, 0.15) is 0 Å². The molecule has 1 fully saturated rings. The molecule has 2 aromatic rings. The monoisotopic (exact) mass is 284 g/mol. The molecule has 0 saturated carbocycles. The minimum atomic E-state index is 0.822. The predicted molar refractivity (Wildman–Crippen MR) is 87.8 cm³/mol. The topological polar surface area (TPSA) is 33.1 Å². The number of nitrogens with one attached hydrogen (secondary N) is 1. The van der Waals surface area contributed by atoms with E-state index in [2.05, 4.69) is 52.7 Å². The number of piperidine rings is 1. The highest BCUT2D eigenvalue weighted by molar-refractivity contribution is 5.55. The van der Waals surface area contributed by atoms with Gasteiger partial charge in [0.15, 0.2) is 0 Å². The van der Waals surface area contributed by atoms with Crippen LogP contribution in [0.25, 0.3) is 0 Å². The number of anilines is 2. The molecule has 2 heterocycles. The van der Waals surface area contributed by atoms with E-state index in [1.54, 1.807) is 0 Å². The van der Waals surface area contributed by atoms with E-state index in [-0.39, 0.29) is 0 Å². The summed E-state index contributed by atoms with van der Waals surface area (Å²) in [5.41, 5.74) is 4.85. The molecule has 3 rings (SSSR count). The summed E-state index contributed by atoms with van der Waals surface area (Å²) in [5.74, 6) is 0. The summed E-state index contributed by atoms with van der Waals surface area (Å²) >= 11 is 0. The third-order valence-electron chi connectivity index (χ3n) is 4.19. The standard InChI is InChI=1S/C17H24N4/c1-14-15(13-20(2)19-14)12-18-16-6-8-17(9-7-16)21-10-4-3-5-11-21/h6-9,13,18H,3-5,10-12H2,1-2H3. The third kappa shape index (κ3) is 3.38. The summed E-state index contributed by atoms with van der Waals surface area (Å²) < 4.78 is 1.87. The Balaban J connectivity index is 1.60. The molecule has 0 radical (unpaired) electrons. The summed E-state index contributed by atoms with van der Waals surface area (Å²) in [5, 5.41) is 7.84. The first-order valence-corrected chi connectivity index (χ1v) is 7.80. The first-order valence-electron chi connectivity index (χ1n) is 7.80. The molecule has 1 aromatic heterocycles. The Bertz CT molecular complexity index is 579. The minimum absolute atomic E-state index is 0.822. The van der Waals surface area contributed by atoms with Crippen molar-refractivity contribution in [2.45, 2.75) is 32.7 Å². The average Bonchev–Trinajstić information content (AvgIpc) is 2.84. The SMILES string of the molecule is Cc1nn(C)cc1CNc1ccc(N2CCCCC2)cc1. The maximum Gasteiger partial charge on any atom is 0.0643 e. The van der Waals surface area contributed by atoms with E-state index in [4.69, 9.17) is 0 Å². The van der Waals surface area contributed by atoms with Crippen molar-refractivity contribution in [2.24, 2.45) is 7.05 Å². The van der Waals surface area contributed by atoms with Crippen LogP contribution >= 0.6 is 0 Å². The van der Waals surface area contributed by atoms with E-state index < -0.39 is 0 Å². The molecule has 4 heteroatoms. The molecule has 0 unspecified atom stereocenters. The lowest BCUT2D eigenvalue weighted by atomic mass is 10.1. The van der Waals surface area contributed by atoms with Crippen LogP contribution in [0.4, 0.5) is 11.4 Å². The van der Waals surface area contributed by atoms with Crippen LogP contribution in [0.1, 0.15) is 30.5 Å². The number of aryl methyl sites for hydroxylation is 2. The quantitative estimate of drug-likeness (QED) is 0.935. The van der Waals surface area contributed by atoms with Gasteiger partial charge in [-0.3, -0.25) is 4.68 Å². The summed E-state index contributed by atoms with van der Waals surface area (Å²) in [7, 11) is 1.96. The first kappa shape index (κ1) is 14.0. The smallest absolute Gasteiger partial charge is 0.0643 e. The average molecular weight is 284 g/mol. The summed E-state index contributed by atoms with van der Waals surface area (Å²) in [6.07, 6.45) is 6.09. The fraction of sp³-hybridized carbons (Fsp3) is 0.471. The van der Waals surface area contributed by atoms with Gasteiger partial charge in [-0.2, -0.15) is 5.10 Å². The number of hydrogen-bond acceptors (Lipinski definition) is 3. The van der Waals surface area contributed by atoms with Crippen LogP contribution in [0.3, 0.4) is 0 Å². The molecular weight excluding hydrogens is 260 g/mol. The van der Waals surface area contributed by atoms with E-state index in [0.29, 0.717) is 0 Å². The van der Waals surface area contributed by atoms with Crippen molar-refractivity contribution in [3.8, 4) is 0 Å². The zero-order chi connectivity index (χ0) is 14.7. The molecule has 1 aromatic carbocycles. The number of nitrogens with zero attached hydrogens (tertiary/aromatic N) is 3. The molecule has 21 heavy (non-hydrogen) atoms. The molecule has 1 aliphatic heterocycles. The van der Waals surface area contributed by atoms with Crippen molar-refractivity contribution < 1.29 is 0 Å². The van der Waals surface area contributed by atoms with Crippen LogP contribution in [0.2, 0.25) is 0 Å². The molecule has 1 saturated heterocycles. The molecule has 0 aliphatic carbocycles. The molecule has 0 bridgehead atoms. The fourth-order valence-electron chi connectivity index (χ4n) is 2.96. The number of aromatic nitrogens is 2. The van der Waals surface area contributed by atoms with Crippen molar-refractivity contribution in [1.29, 1.82) is 0 Å². The number of benzene rings is 1. The highest BCUT2D eigenvalue weighted by Gasteiger charge is 2.10. The largest absolute Gasteiger partial charge is 0.381 e. The van der Waals surface area contributed by atoms with Gasteiger partial charge in [-0.15, -0.1) is 0 Å². The molecule has 1 N–H and O–H groups in total. The van der Waals surface area contributed by atoms with Crippen molar-refractivity contribution >= 4 is 11.4 Å². The van der Waals surface area contributed by atoms with Gasteiger partial charge in [0.05, 0.1) is 5.69 Å². The summed E-state index contributed by atoms with van der Waals surface area (Å²) in [6, 6.07) is 8.80. The van der Waals surface area contributed by atoms with Crippen molar-refractivity contribution in [3.05, 3.63) is 41.7 Å². The normalized spacial score (nSPS) is 15.2. The van der Waals surface area contributed by atoms with E-state index in [1.807, 2.05) is 11.7 Å². The van der Waals surface area contributed by atoms with E-state index in [0.717, 1.165) is 12.2 Å². The van der Waals surface area contributed by atoms with Crippen molar-refractivity contribution in [1.82, 2.24) is 9.78 Å². The number of hydrogen-bond donors (Lipinski definition) is 1. The van der Waals surface area contributed by atoms with Gasteiger partial charge in [-0.1, -0.05) is 0 Å². The molecule has 0 spiro atoms. The molecule has 0 amide bonds. The van der Waals surface area contributed by atoms with Gasteiger partial charge < -0.3 is 10.2 Å². The molecule has 1 aliphatic rings. The highest BCUT2D eigenvalue weighted by Crippen LogP contribution is 2.22. The van der Waals surface area contributed by atoms with Crippen LogP contribution in [0, 0.1) is 6.92 Å². The Morgan fingerprint density at radius 1 is 1.10 bits per heavy atom. The maximum atomic E-state index is 4.37. The summed E-state index contributed by atoms with van der Waals surface area (Å²) in [6.45, 7) is 5.27. The van der Waals surface area contributed by atoms with Gasteiger partial charge in [0.2, 0.25) is 0 Å². The second kappa shape index (κ2) is 6.20. The van der Waals surface area contributed by atoms with E-state index in [1.165, 1.54) is 49.3 Å². The zero-order valence-corrected chi connectivity index (χ0v) is 13.0. The first-order chi connectivity index (χ1) is 10.2. The Kier molecular flexibility index (Phi) is 4.13. The molecule has 112 valence electrons. The van der Waals surface area contributed by atoms with Crippen LogP contribution in [0.5, 0.6) is 0 Å². The fourth-order valence-corrected chi connectivity index (χ4v) is 2.96. The van der Waals surface area contributed by atoms with Gasteiger partial charge in [0, 0.05) is 49.8 Å². The second-order valence-electron chi connectivity index (χ2n) is 5.86. The predicted octanol–water partition coefficient (Wildman–Crippen LogP) is 3.33. The van der Waals surface area contributed by atoms with Gasteiger partial charge >= 0.3 is 0 Å². The second-order valence-corrected chi connectivity index (χ2v) is 5.86. The summed E-state index contributed by atoms with van der Waals surface area (Å²) in [4.78, 5) is 2.48. The van der Waals surface area contributed by atoms with E-state index in [9.17, 15) is 0 Å². The zero-order valence-electron chi connectivity index (χ0n) is 13.0. The van der Waals surface area contributed by atoms with Crippen molar-refractivity contribution in [2.75, 3.05) is 23.3 Å². The maximum absolute atomic E-state index is 4.37. The van der Waals surface area contributed by atoms with Crippen LogP contribution in [-0.4, -0.2) is 22.9 Å². The highest BCUT2D eigenvalue weighted by atomic mass is 15.2. The van der Waals surface area contributed by atoms with Crippen molar-refractivity contribution in [3.63, 3.8) is 0 Å². The minimum Gasteiger partial charge on any atom is -0.381 e. The Morgan fingerprint density at radius 3 is 2.43 bits per heavy atom. The Morgan fingerprint density at radius 2 is 1.81 bits per heavy atom. The van der Waals surface area contributed by atoms with Crippen LogP contribution in [0.15, 0.2) is 30.5 Å². The lowest BCUT2D eigenvalue weighted by molar-refractivity contribution is 0.578. The van der Waals surface area contributed by atoms with Gasteiger partial charge in [-0.05, 0) is 50.5 Å². The van der Waals surface area contributed by atoms with Crippen LogP contribution in [-0.2, 0) is 13.6 Å². The van der Waals surface area contributed by atoms with Gasteiger partial charge in [0.25, 0.3) is 0 Å². The van der Waals surface area contributed by atoms with E-state index >= 15 is 0 Å². The Hall–Kier alpha value is -1.97.